The molecule has 1 heterocycles. The fourth-order valence-corrected chi connectivity index (χ4v) is 5.49. The average molecular weight is 285 g/mol. The van der Waals surface area contributed by atoms with E-state index in [1.54, 1.807) is 0 Å². The van der Waals surface area contributed by atoms with Gasteiger partial charge in [-0.1, -0.05) is 0 Å². The molecule has 1 N–H and O–H groups in total. The largest absolute Gasteiger partial charge is 0.486 e. The van der Waals surface area contributed by atoms with Crippen molar-refractivity contribution in [1.29, 1.82) is 0 Å². The summed E-state index contributed by atoms with van der Waals surface area (Å²) in [5.74, 6) is 5.65. The molecular weight excluding hydrogens is 262 g/mol. The molecule has 0 unspecified atom stereocenters. The van der Waals surface area contributed by atoms with Crippen LogP contribution in [0.5, 0.6) is 11.5 Å². The standard InChI is InChI=1S/C18H23NO2/c1-2-16-17(21-4-3-20-16)10-15(1)19-18-13-6-11-5-12(8-13)9-14(18)7-11/h1-2,10-14,18-19H,3-9H2. The predicted molar refractivity (Wildman–Crippen MR) is 81.9 cm³/mol. The molecule has 112 valence electrons. The molecule has 4 fully saturated rings. The van der Waals surface area contributed by atoms with Gasteiger partial charge >= 0.3 is 0 Å². The summed E-state index contributed by atoms with van der Waals surface area (Å²) >= 11 is 0. The van der Waals surface area contributed by atoms with Crippen LogP contribution in [-0.4, -0.2) is 19.3 Å². The molecule has 0 saturated heterocycles. The minimum atomic E-state index is 0.661. The van der Waals surface area contributed by atoms with Gasteiger partial charge in [-0.25, -0.2) is 0 Å². The quantitative estimate of drug-likeness (QED) is 0.899. The van der Waals surface area contributed by atoms with Gasteiger partial charge in [0.2, 0.25) is 0 Å². The van der Waals surface area contributed by atoms with Crippen molar-refractivity contribution in [3.8, 4) is 11.5 Å². The second-order valence-electron chi connectivity index (χ2n) is 7.46. The molecule has 3 heteroatoms. The van der Waals surface area contributed by atoms with E-state index >= 15 is 0 Å². The molecule has 4 saturated carbocycles. The van der Waals surface area contributed by atoms with Crippen molar-refractivity contribution in [2.45, 2.75) is 38.1 Å². The first-order valence-electron chi connectivity index (χ1n) is 8.51. The lowest BCUT2D eigenvalue weighted by atomic mass is 9.54. The topological polar surface area (TPSA) is 30.5 Å². The molecule has 0 amide bonds. The lowest BCUT2D eigenvalue weighted by Crippen LogP contribution is -2.51. The van der Waals surface area contributed by atoms with Gasteiger partial charge in [0.1, 0.15) is 13.2 Å². The Kier molecular flexibility index (Phi) is 2.65. The second-order valence-corrected chi connectivity index (χ2v) is 7.46. The molecule has 0 atom stereocenters. The van der Waals surface area contributed by atoms with Crippen molar-refractivity contribution in [3.63, 3.8) is 0 Å². The monoisotopic (exact) mass is 285 g/mol. The lowest BCUT2D eigenvalue weighted by Gasteiger charge is -2.54. The van der Waals surface area contributed by atoms with E-state index in [0.717, 1.165) is 35.2 Å². The Morgan fingerprint density at radius 3 is 2.19 bits per heavy atom. The molecule has 1 aromatic carbocycles. The molecule has 0 spiro atoms. The summed E-state index contributed by atoms with van der Waals surface area (Å²) in [5.41, 5.74) is 1.21. The Bertz CT molecular complexity index is 528. The van der Waals surface area contributed by atoms with E-state index in [0.29, 0.717) is 19.3 Å². The molecule has 4 aliphatic carbocycles. The summed E-state index contributed by atoms with van der Waals surface area (Å²) in [5, 5.41) is 3.84. The van der Waals surface area contributed by atoms with Crippen molar-refractivity contribution in [3.05, 3.63) is 18.2 Å². The molecule has 1 aromatic rings. The van der Waals surface area contributed by atoms with Gasteiger partial charge in [0.05, 0.1) is 0 Å². The van der Waals surface area contributed by atoms with Gasteiger partial charge in [-0.2, -0.15) is 0 Å². The van der Waals surface area contributed by atoms with Crippen LogP contribution >= 0.6 is 0 Å². The van der Waals surface area contributed by atoms with Crippen LogP contribution in [0, 0.1) is 23.7 Å². The Morgan fingerprint density at radius 1 is 0.810 bits per heavy atom. The third-order valence-electron chi connectivity index (χ3n) is 6.10. The van der Waals surface area contributed by atoms with Gasteiger partial charge in [0.15, 0.2) is 11.5 Å². The van der Waals surface area contributed by atoms with Crippen LogP contribution in [0.2, 0.25) is 0 Å². The Hall–Kier alpha value is -1.38. The van der Waals surface area contributed by atoms with E-state index < -0.39 is 0 Å². The first-order chi connectivity index (χ1) is 10.3. The van der Waals surface area contributed by atoms with Gasteiger partial charge in [-0.05, 0) is 67.9 Å². The first-order valence-corrected chi connectivity index (χ1v) is 8.51. The molecule has 4 bridgehead atoms. The normalized spacial score (nSPS) is 39.3. The molecule has 1 aliphatic heterocycles. The Balaban J connectivity index is 1.38. The molecule has 21 heavy (non-hydrogen) atoms. The van der Waals surface area contributed by atoms with Crippen LogP contribution < -0.4 is 14.8 Å². The molecule has 6 rings (SSSR count). The smallest absolute Gasteiger partial charge is 0.163 e. The number of hydrogen-bond acceptors (Lipinski definition) is 3. The summed E-state index contributed by atoms with van der Waals surface area (Å²) in [4.78, 5) is 0. The Morgan fingerprint density at radius 2 is 1.48 bits per heavy atom. The number of anilines is 1. The zero-order chi connectivity index (χ0) is 13.8. The van der Waals surface area contributed by atoms with Crippen molar-refractivity contribution in [2.75, 3.05) is 18.5 Å². The van der Waals surface area contributed by atoms with E-state index in [1.165, 1.54) is 37.8 Å². The van der Waals surface area contributed by atoms with Crippen LogP contribution in [0.4, 0.5) is 5.69 Å². The maximum atomic E-state index is 5.71. The van der Waals surface area contributed by atoms with E-state index in [4.69, 9.17) is 9.47 Å². The van der Waals surface area contributed by atoms with Crippen LogP contribution in [0.25, 0.3) is 0 Å². The number of fused-ring (bicyclic) bond motifs is 1. The van der Waals surface area contributed by atoms with Crippen LogP contribution in [-0.2, 0) is 0 Å². The van der Waals surface area contributed by atoms with Crippen molar-refractivity contribution in [2.24, 2.45) is 23.7 Å². The minimum absolute atomic E-state index is 0.661. The first kappa shape index (κ1) is 12.2. The van der Waals surface area contributed by atoms with Crippen LogP contribution in [0.1, 0.15) is 32.1 Å². The SMILES string of the molecule is c1cc2c(cc1NC1C3CC4CC(C3)CC1C4)OCCO2. The van der Waals surface area contributed by atoms with Crippen LogP contribution in [0.3, 0.4) is 0 Å². The fourth-order valence-electron chi connectivity index (χ4n) is 5.49. The maximum Gasteiger partial charge on any atom is 0.163 e. The summed E-state index contributed by atoms with van der Waals surface area (Å²) in [6.07, 6.45) is 7.33. The van der Waals surface area contributed by atoms with Crippen molar-refractivity contribution >= 4 is 5.69 Å². The van der Waals surface area contributed by atoms with Gasteiger partial charge in [-0.15, -0.1) is 0 Å². The second kappa shape index (κ2) is 4.56. The van der Waals surface area contributed by atoms with Gasteiger partial charge in [0.25, 0.3) is 0 Å². The summed E-state index contributed by atoms with van der Waals surface area (Å²) in [6.45, 7) is 1.32. The number of ether oxygens (including phenoxy) is 2. The third-order valence-corrected chi connectivity index (χ3v) is 6.10. The zero-order valence-electron chi connectivity index (χ0n) is 12.4. The Labute approximate surface area is 126 Å². The van der Waals surface area contributed by atoms with Gasteiger partial charge < -0.3 is 14.8 Å². The van der Waals surface area contributed by atoms with Crippen LogP contribution in [0.15, 0.2) is 18.2 Å². The van der Waals surface area contributed by atoms with Crippen molar-refractivity contribution < 1.29 is 9.47 Å². The highest BCUT2D eigenvalue weighted by atomic mass is 16.6. The number of hydrogen-bond donors (Lipinski definition) is 1. The average Bonchev–Trinajstić information content (AvgIpc) is 2.50. The lowest BCUT2D eigenvalue weighted by molar-refractivity contribution is 0.00753. The number of rotatable bonds is 2. The summed E-state index contributed by atoms with van der Waals surface area (Å²) < 4.78 is 11.3. The highest BCUT2D eigenvalue weighted by Crippen LogP contribution is 2.54. The fraction of sp³-hybridized carbons (Fsp3) is 0.667. The highest BCUT2D eigenvalue weighted by molar-refractivity contribution is 5.56. The molecule has 3 nitrogen and oxygen atoms in total. The molecule has 0 radical (unpaired) electrons. The number of nitrogens with one attached hydrogen (secondary N) is 1. The number of benzene rings is 1. The van der Waals surface area contributed by atoms with Gasteiger partial charge in [0, 0.05) is 17.8 Å². The summed E-state index contributed by atoms with van der Waals surface area (Å²) in [6, 6.07) is 7.01. The van der Waals surface area contributed by atoms with Gasteiger partial charge in [-0.3, -0.25) is 0 Å². The van der Waals surface area contributed by atoms with E-state index in [2.05, 4.69) is 17.4 Å². The predicted octanol–water partition coefficient (Wildman–Crippen LogP) is 3.69. The summed E-state index contributed by atoms with van der Waals surface area (Å²) in [7, 11) is 0. The molecular formula is C18H23NO2. The van der Waals surface area contributed by atoms with E-state index in [9.17, 15) is 0 Å². The zero-order valence-corrected chi connectivity index (χ0v) is 12.4. The highest BCUT2D eigenvalue weighted by Gasteiger charge is 2.48. The van der Waals surface area contributed by atoms with E-state index in [-0.39, 0.29) is 0 Å². The van der Waals surface area contributed by atoms with Crippen molar-refractivity contribution in [1.82, 2.24) is 0 Å². The molecule has 5 aliphatic rings. The third kappa shape index (κ3) is 2.01. The minimum Gasteiger partial charge on any atom is -0.486 e. The maximum absolute atomic E-state index is 5.71. The van der Waals surface area contributed by atoms with E-state index in [1.807, 2.05) is 6.07 Å². The molecule has 0 aromatic heterocycles.